The molecule has 0 spiro atoms. The Hall–Kier alpha value is -1.54. The van der Waals surface area contributed by atoms with Gasteiger partial charge in [0.25, 0.3) is 0 Å². The van der Waals surface area contributed by atoms with E-state index in [2.05, 4.69) is 10.3 Å². The molecule has 1 heterocycles. The predicted molar refractivity (Wildman–Crippen MR) is 72.8 cm³/mol. The topological polar surface area (TPSA) is 50.9 Å². The Morgan fingerprint density at radius 2 is 2.14 bits per heavy atom. The Bertz CT molecular complexity index is 598. The van der Waals surface area contributed by atoms with Gasteiger partial charge >= 0.3 is 6.18 Å². The summed E-state index contributed by atoms with van der Waals surface area (Å²) in [7, 11) is 0. The number of hydrogen-bond acceptors (Lipinski definition) is 4. The summed E-state index contributed by atoms with van der Waals surface area (Å²) in [5, 5.41) is 17.0. The molecule has 2 rings (SSSR count). The fourth-order valence-corrected chi connectivity index (χ4v) is 2.53. The lowest BCUT2D eigenvalue weighted by atomic mass is 10.2. The molecule has 2 aromatic rings. The normalized spacial score (nSPS) is 13.4. The van der Waals surface area contributed by atoms with E-state index >= 15 is 0 Å². The van der Waals surface area contributed by atoms with Crippen LogP contribution in [-0.2, 0) is 12.7 Å². The van der Waals surface area contributed by atoms with E-state index in [-0.39, 0.29) is 0 Å². The van der Waals surface area contributed by atoms with Crippen LogP contribution in [0.1, 0.15) is 24.3 Å². The van der Waals surface area contributed by atoms with Gasteiger partial charge in [-0.15, -0.1) is 16.9 Å². The zero-order valence-electron chi connectivity index (χ0n) is 11.2. The Morgan fingerprint density at radius 3 is 2.76 bits per heavy atom. The van der Waals surface area contributed by atoms with Gasteiger partial charge in [0.15, 0.2) is 0 Å². The van der Waals surface area contributed by atoms with Crippen LogP contribution in [0.4, 0.5) is 13.2 Å². The standard InChI is InChI=1S/C13H14F3N3OS/c1-9(20)12-8-19(18-17-12)5-6-21-11-4-2-3-10(7-11)13(14,15)16/h2-4,7-9,20H,5-6H2,1H3. The van der Waals surface area contributed by atoms with E-state index in [0.717, 1.165) is 12.1 Å². The van der Waals surface area contributed by atoms with Crippen molar-refractivity contribution in [3.8, 4) is 0 Å². The smallest absolute Gasteiger partial charge is 0.387 e. The van der Waals surface area contributed by atoms with Gasteiger partial charge in [-0.3, -0.25) is 4.68 Å². The van der Waals surface area contributed by atoms with E-state index in [9.17, 15) is 18.3 Å². The number of halogens is 3. The first-order chi connectivity index (χ1) is 9.86. The van der Waals surface area contributed by atoms with Crippen molar-refractivity contribution in [3.05, 3.63) is 41.7 Å². The molecule has 0 amide bonds. The number of alkyl halides is 3. The number of aliphatic hydroxyl groups excluding tert-OH is 1. The lowest BCUT2D eigenvalue weighted by Crippen LogP contribution is -2.05. The van der Waals surface area contributed by atoms with Crippen LogP contribution in [0.5, 0.6) is 0 Å². The van der Waals surface area contributed by atoms with Gasteiger partial charge in [0, 0.05) is 10.6 Å². The minimum Gasteiger partial charge on any atom is -0.387 e. The molecule has 0 fully saturated rings. The Morgan fingerprint density at radius 1 is 1.38 bits per heavy atom. The van der Waals surface area contributed by atoms with Crippen molar-refractivity contribution in [2.75, 3.05) is 5.75 Å². The number of aliphatic hydroxyl groups is 1. The van der Waals surface area contributed by atoms with Crippen LogP contribution in [0, 0.1) is 0 Å². The van der Waals surface area contributed by atoms with Gasteiger partial charge in [-0.05, 0) is 25.1 Å². The van der Waals surface area contributed by atoms with Crippen LogP contribution in [0.15, 0.2) is 35.4 Å². The minimum absolute atomic E-state index is 0.471. The molecule has 0 aliphatic carbocycles. The van der Waals surface area contributed by atoms with Crippen molar-refractivity contribution in [3.63, 3.8) is 0 Å². The van der Waals surface area contributed by atoms with Gasteiger partial charge in [0.05, 0.1) is 24.4 Å². The predicted octanol–water partition coefficient (Wildman–Crippen LogP) is 3.14. The third-order valence-electron chi connectivity index (χ3n) is 2.73. The number of aromatic nitrogens is 3. The summed E-state index contributed by atoms with van der Waals surface area (Å²) in [4.78, 5) is 0.556. The number of rotatable bonds is 5. The van der Waals surface area contributed by atoms with Gasteiger partial charge in [-0.2, -0.15) is 13.2 Å². The Kier molecular flexibility index (Phi) is 4.89. The van der Waals surface area contributed by atoms with Crippen LogP contribution in [0.25, 0.3) is 0 Å². The molecule has 114 valence electrons. The summed E-state index contributed by atoms with van der Waals surface area (Å²) < 4.78 is 39.3. The van der Waals surface area contributed by atoms with E-state index in [1.54, 1.807) is 23.9 Å². The minimum atomic E-state index is -4.32. The molecule has 1 atom stereocenters. The molecule has 1 aromatic heterocycles. The zero-order chi connectivity index (χ0) is 15.5. The first-order valence-electron chi connectivity index (χ1n) is 6.24. The van der Waals surface area contributed by atoms with Crippen LogP contribution >= 0.6 is 11.8 Å². The fraction of sp³-hybridized carbons (Fsp3) is 0.385. The first-order valence-corrected chi connectivity index (χ1v) is 7.23. The molecule has 0 saturated carbocycles. The molecule has 0 bridgehead atoms. The van der Waals surface area contributed by atoms with Crippen molar-refractivity contribution in [2.24, 2.45) is 0 Å². The highest BCUT2D eigenvalue weighted by molar-refractivity contribution is 7.99. The Balaban J connectivity index is 1.91. The number of hydrogen-bond donors (Lipinski definition) is 1. The van der Waals surface area contributed by atoms with E-state index in [1.807, 2.05) is 0 Å². The number of nitrogens with zero attached hydrogens (tertiary/aromatic N) is 3. The second-order valence-corrected chi connectivity index (χ2v) is 5.62. The van der Waals surface area contributed by atoms with Crippen molar-refractivity contribution >= 4 is 11.8 Å². The van der Waals surface area contributed by atoms with Gasteiger partial charge in [0.1, 0.15) is 5.69 Å². The van der Waals surface area contributed by atoms with Gasteiger partial charge < -0.3 is 5.11 Å². The van der Waals surface area contributed by atoms with E-state index in [1.165, 1.54) is 17.8 Å². The third kappa shape index (κ3) is 4.47. The average Bonchev–Trinajstić information content (AvgIpc) is 2.87. The molecular weight excluding hydrogens is 303 g/mol. The Labute approximate surface area is 124 Å². The van der Waals surface area contributed by atoms with Crippen LogP contribution in [0.3, 0.4) is 0 Å². The average molecular weight is 317 g/mol. The molecule has 0 radical (unpaired) electrons. The molecule has 1 N–H and O–H groups in total. The van der Waals surface area contributed by atoms with Crippen LogP contribution in [0.2, 0.25) is 0 Å². The second-order valence-electron chi connectivity index (χ2n) is 4.46. The number of benzene rings is 1. The molecule has 21 heavy (non-hydrogen) atoms. The van der Waals surface area contributed by atoms with Gasteiger partial charge in [0.2, 0.25) is 0 Å². The van der Waals surface area contributed by atoms with E-state index < -0.39 is 17.8 Å². The van der Waals surface area contributed by atoms with Crippen molar-refractivity contribution in [1.82, 2.24) is 15.0 Å². The van der Waals surface area contributed by atoms with Crippen molar-refractivity contribution < 1.29 is 18.3 Å². The summed E-state index contributed by atoms with van der Waals surface area (Å²) in [5.74, 6) is 0.559. The number of thioether (sulfide) groups is 1. The third-order valence-corrected chi connectivity index (χ3v) is 3.71. The van der Waals surface area contributed by atoms with Crippen molar-refractivity contribution in [1.29, 1.82) is 0 Å². The van der Waals surface area contributed by atoms with Crippen molar-refractivity contribution in [2.45, 2.75) is 30.6 Å². The summed E-state index contributed by atoms with van der Waals surface area (Å²) >= 11 is 1.31. The monoisotopic (exact) mass is 317 g/mol. The van der Waals surface area contributed by atoms with E-state index in [0.29, 0.717) is 22.9 Å². The quantitative estimate of drug-likeness (QED) is 0.861. The molecular formula is C13H14F3N3OS. The molecule has 8 heteroatoms. The molecule has 1 unspecified atom stereocenters. The summed E-state index contributed by atoms with van der Waals surface area (Å²) in [6.45, 7) is 2.09. The van der Waals surface area contributed by atoms with Gasteiger partial charge in [-0.1, -0.05) is 11.3 Å². The highest BCUT2D eigenvalue weighted by Crippen LogP contribution is 2.31. The highest BCUT2D eigenvalue weighted by Gasteiger charge is 2.30. The largest absolute Gasteiger partial charge is 0.416 e. The molecule has 4 nitrogen and oxygen atoms in total. The first kappa shape index (κ1) is 15.8. The number of aryl methyl sites for hydroxylation is 1. The highest BCUT2D eigenvalue weighted by atomic mass is 32.2. The maximum atomic E-state index is 12.6. The summed E-state index contributed by atoms with van der Waals surface area (Å²) in [5.41, 5.74) is -0.177. The fourth-order valence-electron chi connectivity index (χ4n) is 1.63. The zero-order valence-corrected chi connectivity index (χ0v) is 12.0. The molecule has 0 aliphatic heterocycles. The SMILES string of the molecule is CC(O)c1cn(CCSc2cccc(C(F)(F)F)c2)nn1. The summed E-state index contributed by atoms with van der Waals surface area (Å²) in [6.07, 6.45) is -3.39. The lowest BCUT2D eigenvalue weighted by molar-refractivity contribution is -0.137. The van der Waals surface area contributed by atoms with Crippen LogP contribution in [-0.4, -0.2) is 25.9 Å². The van der Waals surface area contributed by atoms with Gasteiger partial charge in [-0.25, -0.2) is 0 Å². The second kappa shape index (κ2) is 6.48. The molecule has 0 aliphatic rings. The lowest BCUT2D eigenvalue weighted by Gasteiger charge is -2.08. The van der Waals surface area contributed by atoms with E-state index in [4.69, 9.17) is 0 Å². The maximum absolute atomic E-state index is 12.6. The summed E-state index contributed by atoms with van der Waals surface area (Å²) in [6, 6.07) is 5.22. The molecule has 1 aromatic carbocycles. The molecule has 0 saturated heterocycles. The maximum Gasteiger partial charge on any atom is 0.416 e. The van der Waals surface area contributed by atoms with Crippen LogP contribution < -0.4 is 0 Å².